The van der Waals surface area contributed by atoms with Crippen LogP contribution in [0.4, 0.5) is 11.4 Å². The molecule has 0 bridgehead atoms. The number of aromatic nitrogens is 2. The van der Waals surface area contributed by atoms with Gasteiger partial charge >= 0.3 is 0 Å². The highest BCUT2D eigenvalue weighted by atomic mass is 35.5. The zero-order chi connectivity index (χ0) is 26.7. The summed E-state index contributed by atoms with van der Waals surface area (Å²) in [7, 11) is -0.596. The topological polar surface area (TPSA) is 103 Å². The van der Waals surface area contributed by atoms with E-state index in [9.17, 15) is 18.0 Å². The molecule has 0 atom stereocenters. The van der Waals surface area contributed by atoms with Gasteiger partial charge < -0.3 is 10.1 Å². The van der Waals surface area contributed by atoms with Crippen molar-refractivity contribution in [2.75, 3.05) is 23.3 Å². The molecule has 37 heavy (non-hydrogen) atoms. The number of hydrogen-bond acceptors (Lipinski definition) is 5. The maximum atomic E-state index is 12.9. The summed E-state index contributed by atoms with van der Waals surface area (Å²) in [5.74, 6) is -0.139. The van der Waals surface area contributed by atoms with Crippen LogP contribution in [0.1, 0.15) is 5.69 Å². The third-order valence-electron chi connectivity index (χ3n) is 5.86. The number of rotatable bonds is 8. The number of carbonyl (C=O) groups is 1. The fraction of sp³-hybridized carbons (Fsp3) is 0.154. The predicted molar refractivity (Wildman–Crippen MR) is 143 cm³/mol. The number of halogens is 1. The van der Waals surface area contributed by atoms with E-state index < -0.39 is 15.9 Å². The van der Waals surface area contributed by atoms with Crippen LogP contribution in [0, 0.1) is 6.92 Å². The lowest BCUT2D eigenvalue weighted by Crippen LogP contribution is -2.26. The van der Waals surface area contributed by atoms with Crippen LogP contribution in [0.3, 0.4) is 0 Å². The third kappa shape index (κ3) is 5.40. The molecule has 4 aromatic rings. The van der Waals surface area contributed by atoms with Crippen LogP contribution in [0.15, 0.2) is 88.6 Å². The highest BCUT2D eigenvalue weighted by Crippen LogP contribution is 2.25. The molecule has 4 rings (SSSR count). The SMILES string of the molecule is Cc1c(NC(=O)COc2ccc(N(C)S(=O)(=O)c3ccc(Cl)cc3)cc2)c(=O)n(-c2ccccc2)n1C. The fourth-order valence-electron chi connectivity index (χ4n) is 3.69. The number of para-hydroxylation sites is 1. The van der Waals surface area contributed by atoms with Gasteiger partial charge in [-0.3, -0.25) is 18.6 Å². The molecule has 1 heterocycles. The first-order valence-electron chi connectivity index (χ1n) is 11.2. The van der Waals surface area contributed by atoms with Crippen LogP contribution in [-0.2, 0) is 21.9 Å². The first-order valence-corrected chi connectivity index (χ1v) is 13.0. The summed E-state index contributed by atoms with van der Waals surface area (Å²) in [6, 6.07) is 21.3. The van der Waals surface area contributed by atoms with Crippen LogP contribution in [0.5, 0.6) is 5.75 Å². The first-order chi connectivity index (χ1) is 17.6. The van der Waals surface area contributed by atoms with E-state index in [1.54, 1.807) is 55.1 Å². The van der Waals surface area contributed by atoms with E-state index >= 15 is 0 Å². The number of hydrogen-bond donors (Lipinski definition) is 1. The second kappa shape index (κ2) is 10.5. The molecule has 0 aliphatic rings. The Morgan fingerprint density at radius 1 is 1.00 bits per heavy atom. The molecule has 0 saturated heterocycles. The van der Waals surface area contributed by atoms with Crippen LogP contribution in [-0.4, -0.2) is 37.3 Å². The summed E-state index contributed by atoms with van der Waals surface area (Å²) in [5.41, 5.74) is 1.50. The van der Waals surface area contributed by atoms with Gasteiger partial charge in [-0.05, 0) is 67.6 Å². The maximum absolute atomic E-state index is 12.9. The zero-order valence-corrected chi connectivity index (χ0v) is 22.0. The number of sulfonamides is 1. The van der Waals surface area contributed by atoms with Crippen LogP contribution in [0.25, 0.3) is 5.69 Å². The van der Waals surface area contributed by atoms with Crippen molar-refractivity contribution in [3.8, 4) is 11.4 Å². The summed E-state index contributed by atoms with van der Waals surface area (Å²) in [5, 5.41) is 3.08. The Labute approximate surface area is 219 Å². The molecule has 1 amide bonds. The number of nitrogens with one attached hydrogen (secondary N) is 1. The second-order valence-electron chi connectivity index (χ2n) is 8.19. The molecule has 192 valence electrons. The lowest BCUT2D eigenvalue weighted by molar-refractivity contribution is -0.118. The van der Waals surface area contributed by atoms with Gasteiger partial charge in [-0.15, -0.1) is 0 Å². The van der Waals surface area contributed by atoms with Gasteiger partial charge in [0, 0.05) is 19.1 Å². The minimum absolute atomic E-state index is 0.110. The Bertz CT molecular complexity index is 1580. The van der Waals surface area contributed by atoms with E-state index in [1.165, 1.54) is 36.0 Å². The molecule has 0 spiro atoms. The molecule has 3 aromatic carbocycles. The minimum atomic E-state index is -3.78. The highest BCUT2D eigenvalue weighted by molar-refractivity contribution is 7.92. The summed E-state index contributed by atoms with van der Waals surface area (Å²) in [4.78, 5) is 25.6. The Hall–Kier alpha value is -4.02. The van der Waals surface area contributed by atoms with Crippen molar-refractivity contribution in [3.63, 3.8) is 0 Å². The molecule has 0 fully saturated rings. The molecule has 11 heteroatoms. The molecule has 0 saturated carbocycles. The number of ether oxygens (including phenoxy) is 1. The number of nitrogens with zero attached hydrogens (tertiary/aromatic N) is 3. The Balaban J connectivity index is 1.41. The van der Waals surface area contributed by atoms with E-state index in [4.69, 9.17) is 16.3 Å². The van der Waals surface area contributed by atoms with Crippen LogP contribution >= 0.6 is 11.6 Å². The Morgan fingerprint density at radius 3 is 2.24 bits per heavy atom. The van der Waals surface area contributed by atoms with Crippen molar-refractivity contribution in [1.29, 1.82) is 0 Å². The fourth-order valence-corrected chi connectivity index (χ4v) is 5.01. The second-order valence-corrected chi connectivity index (χ2v) is 10.6. The number of amides is 1. The van der Waals surface area contributed by atoms with Crippen molar-refractivity contribution < 1.29 is 17.9 Å². The summed E-state index contributed by atoms with van der Waals surface area (Å²) in [6.45, 7) is 1.40. The van der Waals surface area contributed by atoms with Gasteiger partial charge in [0.25, 0.3) is 21.5 Å². The van der Waals surface area contributed by atoms with E-state index in [0.717, 1.165) is 4.31 Å². The summed E-state index contributed by atoms with van der Waals surface area (Å²) in [6.07, 6.45) is 0. The van der Waals surface area contributed by atoms with E-state index in [1.807, 2.05) is 18.2 Å². The van der Waals surface area contributed by atoms with Crippen molar-refractivity contribution in [2.45, 2.75) is 11.8 Å². The molecular formula is C26H25ClN4O5S. The monoisotopic (exact) mass is 540 g/mol. The average molecular weight is 541 g/mol. The lowest BCUT2D eigenvalue weighted by atomic mass is 10.3. The zero-order valence-electron chi connectivity index (χ0n) is 20.4. The molecule has 1 N–H and O–H groups in total. The van der Waals surface area contributed by atoms with Gasteiger partial charge in [-0.1, -0.05) is 29.8 Å². The van der Waals surface area contributed by atoms with Crippen molar-refractivity contribution in [1.82, 2.24) is 9.36 Å². The van der Waals surface area contributed by atoms with Gasteiger partial charge in [-0.2, -0.15) is 0 Å². The van der Waals surface area contributed by atoms with Gasteiger partial charge in [0.2, 0.25) is 0 Å². The number of carbonyl (C=O) groups excluding carboxylic acids is 1. The Morgan fingerprint density at radius 2 is 1.62 bits per heavy atom. The smallest absolute Gasteiger partial charge is 0.295 e. The highest BCUT2D eigenvalue weighted by Gasteiger charge is 2.22. The average Bonchev–Trinajstić information content (AvgIpc) is 3.11. The van der Waals surface area contributed by atoms with E-state index in [2.05, 4.69) is 5.32 Å². The van der Waals surface area contributed by atoms with E-state index in [-0.39, 0.29) is 22.7 Å². The van der Waals surface area contributed by atoms with Crippen LogP contribution < -0.4 is 19.9 Å². The normalized spacial score (nSPS) is 11.2. The van der Waals surface area contributed by atoms with Crippen molar-refractivity contribution in [2.24, 2.45) is 7.05 Å². The minimum Gasteiger partial charge on any atom is -0.484 e. The summed E-state index contributed by atoms with van der Waals surface area (Å²) >= 11 is 5.85. The lowest BCUT2D eigenvalue weighted by Gasteiger charge is -2.20. The number of benzene rings is 3. The largest absolute Gasteiger partial charge is 0.484 e. The summed E-state index contributed by atoms with van der Waals surface area (Å²) < 4.78 is 35.5. The van der Waals surface area contributed by atoms with Gasteiger partial charge in [0.15, 0.2) is 6.61 Å². The van der Waals surface area contributed by atoms with Crippen LogP contribution in [0.2, 0.25) is 5.02 Å². The molecular weight excluding hydrogens is 516 g/mol. The molecule has 0 aliphatic heterocycles. The predicted octanol–water partition coefficient (Wildman–Crippen LogP) is 3.98. The molecule has 9 nitrogen and oxygen atoms in total. The third-order valence-corrected chi connectivity index (χ3v) is 7.91. The maximum Gasteiger partial charge on any atom is 0.295 e. The standard InChI is InChI=1S/C26H25ClN4O5S/c1-18-25(26(33)31(29(18)2)21-7-5-4-6-8-21)28-24(32)17-36-22-13-11-20(12-14-22)30(3)37(34,35)23-15-9-19(27)10-16-23/h4-16H,17H2,1-3H3,(H,28,32). The van der Waals surface area contributed by atoms with Gasteiger partial charge in [0.05, 0.1) is 22.0 Å². The van der Waals surface area contributed by atoms with E-state index in [0.29, 0.717) is 27.8 Å². The van der Waals surface area contributed by atoms with Gasteiger partial charge in [0.1, 0.15) is 11.4 Å². The molecule has 0 unspecified atom stereocenters. The molecule has 1 aromatic heterocycles. The Kier molecular flexibility index (Phi) is 7.42. The molecule has 0 radical (unpaired) electrons. The van der Waals surface area contributed by atoms with Gasteiger partial charge in [-0.25, -0.2) is 13.1 Å². The quantitative estimate of drug-likeness (QED) is 0.364. The van der Waals surface area contributed by atoms with Crippen molar-refractivity contribution >= 4 is 38.9 Å². The first kappa shape index (κ1) is 26.1. The number of anilines is 2. The van der Waals surface area contributed by atoms with Crippen molar-refractivity contribution in [3.05, 3.63) is 99.9 Å². The molecule has 0 aliphatic carbocycles.